The molecule has 3 heterocycles. The fraction of sp³-hybridized carbons (Fsp3) is 0.692. The van der Waals surface area contributed by atoms with Gasteiger partial charge >= 0.3 is 19.3 Å². The highest BCUT2D eigenvalue weighted by atomic mass is 16.7. The zero-order chi connectivity index (χ0) is 27.6. The van der Waals surface area contributed by atoms with E-state index in [1.165, 1.54) is 6.33 Å². The maximum Gasteiger partial charge on any atom is 0.497 e. The smallest absolute Gasteiger partial charge is 0.443 e. The van der Waals surface area contributed by atoms with E-state index in [9.17, 15) is 9.59 Å². The Morgan fingerprint density at radius 2 is 1.49 bits per heavy atom. The number of rotatable bonds is 3. The van der Waals surface area contributed by atoms with Gasteiger partial charge in [0, 0.05) is 17.7 Å². The molecule has 1 saturated heterocycles. The predicted octanol–water partition coefficient (Wildman–Crippen LogP) is 5.13. The van der Waals surface area contributed by atoms with Gasteiger partial charge in [0.1, 0.15) is 23.2 Å². The molecule has 1 saturated carbocycles. The summed E-state index contributed by atoms with van der Waals surface area (Å²) in [6.45, 7) is 18.3. The number of amides is 2. The molecular weight excluding hydrogens is 475 g/mol. The molecule has 10 nitrogen and oxygen atoms in total. The summed E-state index contributed by atoms with van der Waals surface area (Å²) >= 11 is 0. The van der Waals surface area contributed by atoms with Crippen molar-refractivity contribution < 1.29 is 28.4 Å². The van der Waals surface area contributed by atoms with Crippen LogP contribution < -0.4 is 10.4 Å². The van der Waals surface area contributed by atoms with E-state index in [0.717, 1.165) is 24.2 Å². The van der Waals surface area contributed by atoms with Crippen LogP contribution in [0.5, 0.6) is 0 Å². The second-order valence-corrected chi connectivity index (χ2v) is 12.9. The number of carbonyl (C=O) groups excluding carboxylic acids is 2. The molecule has 4 rings (SSSR count). The van der Waals surface area contributed by atoms with Crippen LogP contribution in [0.4, 0.5) is 15.4 Å². The molecule has 2 amide bonds. The van der Waals surface area contributed by atoms with E-state index >= 15 is 0 Å². The Morgan fingerprint density at radius 1 is 0.973 bits per heavy atom. The first-order valence-corrected chi connectivity index (χ1v) is 12.9. The Bertz CT molecular complexity index is 1160. The van der Waals surface area contributed by atoms with Gasteiger partial charge in [0.25, 0.3) is 0 Å². The van der Waals surface area contributed by atoms with Crippen molar-refractivity contribution in [2.75, 3.05) is 4.90 Å². The first kappa shape index (κ1) is 27.4. The molecule has 2 aromatic heterocycles. The summed E-state index contributed by atoms with van der Waals surface area (Å²) in [5.74, 6) is 0.0660. The van der Waals surface area contributed by atoms with Gasteiger partial charge in [0.15, 0.2) is 5.82 Å². The van der Waals surface area contributed by atoms with Gasteiger partial charge in [0.05, 0.1) is 16.6 Å². The molecule has 11 heteroatoms. The van der Waals surface area contributed by atoms with Crippen molar-refractivity contribution in [1.29, 1.82) is 0 Å². The molecule has 202 valence electrons. The number of ether oxygens (including phenoxy) is 2. The predicted molar refractivity (Wildman–Crippen MR) is 141 cm³/mol. The van der Waals surface area contributed by atoms with Gasteiger partial charge in [-0.3, -0.25) is 0 Å². The molecular formula is C26H39BN4O6. The topological polar surface area (TPSA) is 105 Å². The molecule has 0 bridgehead atoms. The molecule has 2 aliphatic rings. The minimum atomic E-state index is -0.891. The summed E-state index contributed by atoms with van der Waals surface area (Å²) in [6, 6.07) is 0.248. The highest BCUT2D eigenvalue weighted by Crippen LogP contribution is 2.40. The van der Waals surface area contributed by atoms with Crippen molar-refractivity contribution in [3.05, 3.63) is 12.5 Å². The second kappa shape index (κ2) is 8.98. The summed E-state index contributed by atoms with van der Waals surface area (Å²) < 4.78 is 26.1. The van der Waals surface area contributed by atoms with Crippen LogP contribution in [0.1, 0.15) is 94.5 Å². The van der Waals surface area contributed by atoms with Gasteiger partial charge in [-0.25, -0.2) is 19.6 Å². The molecule has 0 N–H and O–H groups in total. The van der Waals surface area contributed by atoms with E-state index in [0.29, 0.717) is 16.5 Å². The van der Waals surface area contributed by atoms with Crippen molar-refractivity contribution >= 4 is 41.6 Å². The van der Waals surface area contributed by atoms with Gasteiger partial charge in [0.2, 0.25) is 0 Å². The van der Waals surface area contributed by atoms with Crippen molar-refractivity contribution in [2.24, 2.45) is 0 Å². The Labute approximate surface area is 219 Å². The van der Waals surface area contributed by atoms with E-state index in [1.807, 2.05) is 33.9 Å². The second-order valence-electron chi connectivity index (χ2n) is 12.9. The van der Waals surface area contributed by atoms with Gasteiger partial charge in [-0.2, -0.15) is 4.90 Å². The van der Waals surface area contributed by atoms with Gasteiger partial charge in [-0.05, 0) is 88.5 Å². The number of anilines is 1. The van der Waals surface area contributed by atoms with Crippen molar-refractivity contribution in [2.45, 2.75) is 117 Å². The Kier molecular flexibility index (Phi) is 6.64. The summed E-state index contributed by atoms with van der Waals surface area (Å²) in [4.78, 5) is 36.7. The zero-order valence-electron chi connectivity index (χ0n) is 23.7. The monoisotopic (exact) mass is 514 g/mol. The van der Waals surface area contributed by atoms with Gasteiger partial charge in [-0.15, -0.1) is 0 Å². The van der Waals surface area contributed by atoms with Crippen LogP contribution in [0.2, 0.25) is 0 Å². The Morgan fingerprint density at radius 3 is 1.92 bits per heavy atom. The normalized spacial score (nSPS) is 19.6. The molecule has 1 aliphatic heterocycles. The average Bonchev–Trinajstić information content (AvgIpc) is 3.12. The van der Waals surface area contributed by atoms with Crippen LogP contribution in [-0.4, -0.2) is 56.2 Å². The number of nitrogens with zero attached hydrogens (tertiary/aromatic N) is 4. The number of hydrogen-bond acceptors (Lipinski definition) is 8. The lowest BCUT2D eigenvalue weighted by atomic mass is 9.79. The largest absolute Gasteiger partial charge is 0.497 e. The van der Waals surface area contributed by atoms with Crippen LogP contribution in [-0.2, 0) is 18.8 Å². The average molecular weight is 514 g/mol. The molecule has 0 aromatic carbocycles. The Hall–Kier alpha value is -2.66. The molecule has 2 aromatic rings. The van der Waals surface area contributed by atoms with Crippen LogP contribution >= 0.6 is 0 Å². The lowest BCUT2D eigenvalue weighted by Gasteiger charge is -2.32. The molecule has 0 radical (unpaired) electrons. The third kappa shape index (κ3) is 5.34. The number of hydrogen-bond donors (Lipinski definition) is 0. The van der Waals surface area contributed by atoms with Crippen LogP contribution in [0.15, 0.2) is 12.5 Å². The number of aromatic nitrogens is 3. The summed E-state index contributed by atoms with van der Waals surface area (Å²) in [5, 5.41) is 0.490. The molecule has 0 atom stereocenters. The fourth-order valence-electron chi connectivity index (χ4n) is 4.22. The molecule has 0 unspecified atom stereocenters. The minimum Gasteiger partial charge on any atom is -0.443 e. The molecule has 0 spiro atoms. The Balaban J connectivity index is 1.92. The maximum atomic E-state index is 13.5. The van der Waals surface area contributed by atoms with Crippen molar-refractivity contribution in [3.63, 3.8) is 0 Å². The summed E-state index contributed by atoms with van der Waals surface area (Å²) in [7, 11) is -0.752. The van der Waals surface area contributed by atoms with E-state index < -0.39 is 41.7 Å². The van der Waals surface area contributed by atoms with E-state index in [-0.39, 0.29) is 11.9 Å². The standard InChI is InChI=1S/C26H39BN4O6/c1-23(2,3)34-21(32)31(22(33)35-24(4,5)6)20-18-17(27-36-25(7,8)26(9,10)37-27)14-30(16-12-11-13-16)19(18)28-15-29-20/h14-16H,11-13H2,1-10H3. The first-order chi connectivity index (χ1) is 16.9. The van der Waals surface area contributed by atoms with Crippen LogP contribution in [0, 0.1) is 0 Å². The molecule has 37 heavy (non-hydrogen) atoms. The van der Waals surface area contributed by atoms with Gasteiger partial charge < -0.3 is 23.3 Å². The minimum absolute atomic E-state index is 0.0660. The van der Waals surface area contributed by atoms with Gasteiger partial charge in [-0.1, -0.05) is 0 Å². The lowest BCUT2D eigenvalue weighted by Crippen LogP contribution is -2.45. The van der Waals surface area contributed by atoms with Crippen LogP contribution in [0.3, 0.4) is 0 Å². The van der Waals surface area contributed by atoms with E-state index in [4.69, 9.17) is 18.8 Å². The highest BCUT2D eigenvalue weighted by molar-refractivity contribution is 6.65. The third-order valence-electron chi connectivity index (χ3n) is 6.96. The summed E-state index contributed by atoms with van der Waals surface area (Å²) in [5.41, 5.74) is -1.64. The quantitative estimate of drug-likeness (QED) is 0.519. The fourth-order valence-corrected chi connectivity index (χ4v) is 4.22. The zero-order valence-corrected chi connectivity index (χ0v) is 23.7. The lowest BCUT2D eigenvalue weighted by molar-refractivity contribution is 0.00578. The van der Waals surface area contributed by atoms with Crippen LogP contribution in [0.25, 0.3) is 11.0 Å². The molecule has 1 aliphatic carbocycles. The van der Waals surface area contributed by atoms with E-state index in [1.54, 1.807) is 41.5 Å². The third-order valence-corrected chi connectivity index (χ3v) is 6.96. The van der Waals surface area contributed by atoms with Crippen molar-refractivity contribution in [3.8, 4) is 0 Å². The first-order valence-electron chi connectivity index (χ1n) is 12.9. The highest BCUT2D eigenvalue weighted by Gasteiger charge is 2.53. The maximum absolute atomic E-state index is 13.5. The molecule has 2 fully saturated rings. The number of carbonyl (C=O) groups is 2. The number of imide groups is 1. The summed E-state index contributed by atoms with van der Waals surface area (Å²) in [6.07, 6.45) is 4.66. The van der Waals surface area contributed by atoms with E-state index in [2.05, 4.69) is 14.5 Å². The number of fused-ring (bicyclic) bond motifs is 1. The SMILES string of the molecule is CC(C)(C)OC(=O)N(C(=O)OC(C)(C)C)c1ncnc2c1c(B1OC(C)(C)C(C)(C)O1)cn2C1CCC1. The van der Waals surface area contributed by atoms with Crippen molar-refractivity contribution in [1.82, 2.24) is 14.5 Å².